The molecule has 1 heterocycles. The van der Waals surface area contributed by atoms with Crippen molar-refractivity contribution in [3.05, 3.63) is 59.4 Å². The first-order chi connectivity index (χ1) is 8.63. The molecular formula is C13H9F2NO2. The summed E-state index contributed by atoms with van der Waals surface area (Å²) in [6.45, 7) is 0. The largest absolute Gasteiger partial charge is 0.494 e. The smallest absolute Gasteiger partial charge is 0.218 e. The molecule has 0 atom stereocenters. The molecule has 0 aliphatic carbocycles. The third-order valence-electron chi connectivity index (χ3n) is 2.38. The molecule has 1 aromatic carbocycles. The van der Waals surface area contributed by atoms with Gasteiger partial charge in [-0.2, -0.15) is 0 Å². The van der Waals surface area contributed by atoms with Gasteiger partial charge in [-0.05, 0) is 30.3 Å². The van der Waals surface area contributed by atoms with Crippen LogP contribution in [0.25, 0.3) is 0 Å². The molecule has 0 spiro atoms. The summed E-state index contributed by atoms with van der Waals surface area (Å²) in [5.41, 5.74) is -0.420. The minimum atomic E-state index is -0.797. The standard InChI is InChI=1S/C13H9F2NO2/c1-18-11-3-2-6-16-12(11)13(17)9-7-8(14)4-5-10(9)15/h2-7H,1H3. The lowest BCUT2D eigenvalue weighted by Crippen LogP contribution is -2.09. The minimum Gasteiger partial charge on any atom is -0.494 e. The van der Waals surface area contributed by atoms with Gasteiger partial charge in [0.1, 0.15) is 17.4 Å². The van der Waals surface area contributed by atoms with Gasteiger partial charge < -0.3 is 4.74 Å². The Morgan fingerprint density at radius 3 is 2.78 bits per heavy atom. The average molecular weight is 249 g/mol. The molecule has 18 heavy (non-hydrogen) atoms. The number of rotatable bonds is 3. The monoisotopic (exact) mass is 249 g/mol. The third kappa shape index (κ3) is 2.20. The summed E-state index contributed by atoms with van der Waals surface area (Å²) in [6.07, 6.45) is 1.38. The van der Waals surface area contributed by atoms with Crippen LogP contribution in [0, 0.1) is 11.6 Å². The maximum atomic E-state index is 13.5. The van der Waals surface area contributed by atoms with E-state index in [1.165, 1.54) is 19.4 Å². The van der Waals surface area contributed by atoms with E-state index in [9.17, 15) is 13.6 Å². The zero-order chi connectivity index (χ0) is 13.1. The normalized spacial score (nSPS) is 10.2. The Bertz CT molecular complexity index is 599. The maximum absolute atomic E-state index is 13.5. The fraction of sp³-hybridized carbons (Fsp3) is 0.0769. The molecule has 0 N–H and O–H groups in total. The number of aromatic nitrogens is 1. The highest BCUT2D eigenvalue weighted by molar-refractivity contribution is 6.09. The van der Waals surface area contributed by atoms with Crippen LogP contribution in [0.3, 0.4) is 0 Å². The van der Waals surface area contributed by atoms with Gasteiger partial charge in [-0.15, -0.1) is 0 Å². The topological polar surface area (TPSA) is 39.2 Å². The summed E-state index contributed by atoms with van der Waals surface area (Å²) < 4.78 is 31.5. The van der Waals surface area contributed by atoms with Gasteiger partial charge in [0.05, 0.1) is 12.7 Å². The van der Waals surface area contributed by atoms with E-state index in [2.05, 4.69) is 4.98 Å². The van der Waals surface area contributed by atoms with Crippen molar-refractivity contribution < 1.29 is 18.3 Å². The molecule has 0 aliphatic rings. The van der Waals surface area contributed by atoms with Crippen molar-refractivity contribution in [2.24, 2.45) is 0 Å². The second kappa shape index (κ2) is 4.91. The molecule has 0 amide bonds. The number of carbonyl (C=O) groups excluding carboxylic acids is 1. The molecule has 0 unspecified atom stereocenters. The van der Waals surface area contributed by atoms with Gasteiger partial charge in [-0.3, -0.25) is 4.79 Å². The number of pyridine rings is 1. The number of halogens is 2. The van der Waals surface area contributed by atoms with E-state index in [1.54, 1.807) is 6.07 Å². The van der Waals surface area contributed by atoms with Gasteiger partial charge >= 0.3 is 0 Å². The molecule has 3 nitrogen and oxygen atoms in total. The zero-order valence-electron chi connectivity index (χ0n) is 9.48. The van der Waals surface area contributed by atoms with Crippen LogP contribution >= 0.6 is 0 Å². The number of ether oxygens (including phenoxy) is 1. The van der Waals surface area contributed by atoms with Crippen molar-refractivity contribution in [3.8, 4) is 5.75 Å². The van der Waals surface area contributed by atoms with Crippen LogP contribution in [0.2, 0.25) is 0 Å². The lowest BCUT2D eigenvalue weighted by molar-refractivity contribution is 0.102. The highest BCUT2D eigenvalue weighted by atomic mass is 19.1. The third-order valence-corrected chi connectivity index (χ3v) is 2.38. The number of hydrogen-bond acceptors (Lipinski definition) is 3. The summed E-state index contributed by atoms with van der Waals surface area (Å²) in [6, 6.07) is 5.79. The predicted octanol–water partition coefficient (Wildman–Crippen LogP) is 2.60. The molecule has 0 bridgehead atoms. The number of benzene rings is 1. The molecular weight excluding hydrogens is 240 g/mol. The van der Waals surface area contributed by atoms with Crippen LogP contribution in [0.1, 0.15) is 16.1 Å². The Labute approximate surface area is 102 Å². The van der Waals surface area contributed by atoms with Crippen molar-refractivity contribution >= 4 is 5.78 Å². The van der Waals surface area contributed by atoms with Gasteiger partial charge in [0, 0.05) is 6.20 Å². The summed E-state index contributed by atoms with van der Waals surface area (Å²) in [4.78, 5) is 15.9. The van der Waals surface area contributed by atoms with E-state index in [0.717, 1.165) is 18.2 Å². The fourth-order valence-corrected chi connectivity index (χ4v) is 1.52. The molecule has 5 heteroatoms. The minimum absolute atomic E-state index is 0.0514. The number of carbonyl (C=O) groups is 1. The highest BCUT2D eigenvalue weighted by Crippen LogP contribution is 2.20. The van der Waals surface area contributed by atoms with Gasteiger partial charge in [0.2, 0.25) is 5.78 Å². The molecule has 0 saturated carbocycles. The molecule has 2 aromatic rings. The molecule has 0 radical (unpaired) electrons. The van der Waals surface area contributed by atoms with Gasteiger partial charge in [-0.25, -0.2) is 13.8 Å². The Kier molecular flexibility index (Phi) is 3.32. The molecule has 0 saturated heterocycles. The van der Waals surface area contributed by atoms with Crippen molar-refractivity contribution in [3.63, 3.8) is 0 Å². The van der Waals surface area contributed by atoms with E-state index in [4.69, 9.17) is 4.74 Å². The lowest BCUT2D eigenvalue weighted by atomic mass is 10.1. The fourth-order valence-electron chi connectivity index (χ4n) is 1.52. The van der Waals surface area contributed by atoms with Crippen LogP contribution in [-0.4, -0.2) is 17.9 Å². The number of nitrogens with zero attached hydrogens (tertiary/aromatic N) is 1. The van der Waals surface area contributed by atoms with Crippen LogP contribution < -0.4 is 4.74 Å². The van der Waals surface area contributed by atoms with Crippen molar-refractivity contribution in [1.29, 1.82) is 0 Å². The number of methoxy groups -OCH3 is 1. The Morgan fingerprint density at radius 2 is 2.06 bits per heavy atom. The molecule has 2 rings (SSSR count). The van der Waals surface area contributed by atoms with Gasteiger partial charge in [-0.1, -0.05) is 0 Å². The van der Waals surface area contributed by atoms with Crippen LogP contribution in [0.15, 0.2) is 36.5 Å². The van der Waals surface area contributed by atoms with Gasteiger partial charge in [0.25, 0.3) is 0 Å². The summed E-state index contributed by atoms with van der Waals surface area (Å²) >= 11 is 0. The summed E-state index contributed by atoms with van der Waals surface area (Å²) in [5, 5.41) is 0. The Balaban J connectivity index is 2.51. The maximum Gasteiger partial charge on any atom is 0.218 e. The van der Waals surface area contributed by atoms with Crippen LogP contribution in [-0.2, 0) is 0 Å². The Hall–Kier alpha value is -2.30. The Morgan fingerprint density at radius 1 is 1.28 bits per heavy atom. The molecule has 0 fully saturated rings. The molecule has 92 valence electrons. The summed E-state index contributed by atoms with van der Waals surface area (Å²) in [7, 11) is 1.37. The number of ketones is 1. The quantitative estimate of drug-likeness (QED) is 0.785. The van der Waals surface area contributed by atoms with E-state index in [0.29, 0.717) is 0 Å². The SMILES string of the molecule is COc1cccnc1C(=O)c1cc(F)ccc1F. The second-order valence-corrected chi connectivity index (χ2v) is 3.51. The van der Waals surface area contributed by atoms with Gasteiger partial charge in [0.15, 0.2) is 5.69 Å². The van der Waals surface area contributed by atoms with E-state index in [1.807, 2.05) is 0 Å². The first kappa shape index (κ1) is 12.2. The van der Waals surface area contributed by atoms with E-state index in [-0.39, 0.29) is 17.0 Å². The van der Waals surface area contributed by atoms with E-state index < -0.39 is 17.4 Å². The molecule has 1 aromatic heterocycles. The summed E-state index contributed by atoms with van der Waals surface area (Å²) in [5.74, 6) is -1.99. The molecule has 0 aliphatic heterocycles. The first-order valence-electron chi connectivity index (χ1n) is 5.12. The van der Waals surface area contributed by atoms with Crippen LogP contribution in [0.5, 0.6) is 5.75 Å². The predicted molar refractivity (Wildman–Crippen MR) is 60.6 cm³/mol. The number of hydrogen-bond donors (Lipinski definition) is 0. The zero-order valence-corrected chi connectivity index (χ0v) is 9.48. The first-order valence-corrected chi connectivity index (χ1v) is 5.12. The average Bonchev–Trinajstić information content (AvgIpc) is 2.40. The second-order valence-electron chi connectivity index (χ2n) is 3.51. The van der Waals surface area contributed by atoms with E-state index >= 15 is 0 Å². The highest BCUT2D eigenvalue weighted by Gasteiger charge is 2.19. The van der Waals surface area contributed by atoms with Crippen molar-refractivity contribution in [2.45, 2.75) is 0 Å². The van der Waals surface area contributed by atoms with Crippen molar-refractivity contribution in [1.82, 2.24) is 4.98 Å². The lowest BCUT2D eigenvalue weighted by Gasteiger charge is -2.06. The van der Waals surface area contributed by atoms with Crippen LogP contribution in [0.4, 0.5) is 8.78 Å². The van der Waals surface area contributed by atoms with Crippen molar-refractivity contribution in [2.75, 3.05) is 7.11 Å².